The van der Waals surface area contributed by atoms with E-state index in [1.54, 1.807) is 14.0 Å². The van der Waals surface area contributed by atoms with Crippen molar-refractivity contribution < 1.29 is 13.2 Å². The summed E-state index contributed by atoms with van der Waals surface area (Å²) in [5, 5.41) is 4.15. The summed E-state index contributed by atoms with van der Waals surface area (Å²) in [7, 11) is -2.09. The van der Waals surface area contributed by atoms with E-state index in [4.69, 9.17) is 16.3 Å². The first-order valence-electron chi connectivity index (χ1n) is 7.28. The molecular formula is C15H18ClN3O3S. The van der Waals surface area contributed by atoms with Crippen molar-refractivity contribution in [3.05, 3.63) is 40.7 Å². The first-order chi connectivity index (χ1) is 10.9. The third kappa shape index (κ3) is 3.22. The fourth-order valence-electron chi connectivity index (χ4n) is 2.74. The number of aryl methyl sites for hydroxylation is 2. The maximum atomic E-state index is 12.5. The minimum absolute atomic E-state index is 0.0406. The van der Waals surface area contributed by atoms with Gasteiger partial charge >= 0.3 is 0 Å². The maximum absolute atomic E-state index is 12.5. The molecule has 0 fully saturated rings. The predicted octanol–water partition coefficient (Wildman–Crippen LogP) is 1.91. The molecule has 0 saturated heterocycles. The molecule has 1 aliphatic heterocycles. The smallest absolute Gasteiger partial charge is 0.245 e. The molecule has 3 rings (SSSR count). The molecule has 0 amide bonds. The minimum Gasteiger partial charge on any atom is -0.493 e. The number of rotatable bonds is 4. The molecule has 1 aromatic carbocycles. The summed E-state index contributed by atoms with van der Waals surface area (Å²) in [5.41, 5.74) is 1.48. The molecule has 0 spiro atoms. The van der Waals surface area contributed by atoms with Crippen molar-refractivity contribution in [1.82, 2.24) is 14.5 Å². The molecule has 1 N–H and O–H groups in total. The number of halogens is 1. The SMILES string of the molecule is Cc1nn(C)c(Cl)c1S(=O)(=O)NC[C@@H]1COc2ccccc2C1. The Morgan fingerprint density at radius 2 is 2.17 bits per heavy atom. The zero-order valence-electron chi connectivity index (χ0n) is 12.9. The van der Waals surface area contributed by atoms with Crippen molar-refractivity contribution in [2.24, 2.45) is 13.0 Å². The van der Waals surface area contributed by atoms with Crippen molar-refractivity contribution in [3.63, 3.8) is 0 Å². The number of nitrogens with zero attached hydrogens (tertiary/aromatic N) is 2. The Hall–Kier alpha value is -1.57. The number of ether oxygens (including phenoxy) is 1. The van der Waals surface area contributed by atoms with Gasteiger partial charge in [0.2, 0.25) is 10.0 Å². The quantitative estimate of drug-likeness (QED) is 0.909. The Labute approximate surface area is 140 Å². The van der Waals surface area contributed by atoms with Crippen LogP contribution < -0.4 is 9.46 Å². The van der Waals surface area contributed by atoms with Crippen molar-refractivity contribution in [2.45, 2.75) is 18.2 Å². The lowest BCUT2D eigenvalue weighted by Crippen LogP contribution is -2.35. The number of hydrogen-bond acceptors (Lipinski definition) is 4. The fourth-order valence-corrected chi connectivity index (χ4v) is 4.60. The molecule has 0 bridgehead atoms. The summed E-state index contributed by atoms with van der Waals surface area (Å²) >= 11 is 6.04. The molecule has 1 atom stereocenters. The van der Waals surface area contributed by atoms with E-state index in [9.17, 15) is 8.42 Å². The van der Waals surface area contributed by atoms with Crippen LogP contribution in [0.1, 0.15) is 11.3 Å². The maximum Gasteiger partial charge on any atom is 0.245 e. The predicted molar refractivity (Wildman–Crippen MR) is 87.3 cm³/mol. The monoisotopic (exact) mass is 355 g/mol. The third-order valence-corrected chi connectivity index (χ3v) is 6.01. The molecule has 0 saturated carbocycles. The fraction of sp³-hybridized carbons (Fsp3) is 0.400. The van der Waals surface area contributed by atoms with Crippen LogP contribution >= 0.6 is 11.6 Å². The van der Waals surface area contributed by atoms with Crippen molar-refractivity contribution in [1.29, 1.82) is 0 Å². The van der Waals surface area contributed by atoms with Crippen LogP contribution in [-0.4, -0.2) is 31.3 Å². The standard InChI is InChI=1S/C15H18ClN3O3S/c1-10-14(15(16)19(2)18-10)23(20,21)17-8-11-7-12-5-3-4-6-13(12)22-9-11/h3-6,11,17H,7-9H2,1-2H3/t11-/m1/s1. The molecule has 23 heavy (non-hydrogen) atoms. The summed E-state index contributed by atoms with van der Waals surface area (Å²) < 4.78 is 34.6. The number of para-hydroxylation sites is 1. The summed E-state index contributed by atoms with van der Waals surface area (Å²) in [6.45, 7) is 2.40. The van der Waals surface area contributed by atoms with Gasteiger partial charge in [-0.2, -0.15) is 5.10 Å². The zero-order valence-corrected chi connectivity index (χ0v) is 14.5. The van der Waals surface area contributed by atoms with E-state index in [-0.39, 0.29) is 16.0 Å². The molecule has 0 unspecified atom stereocenters. The van der Waals surface area contributed by atoms with Crippen LogP contribution in [0.4, 0.5) is 0 Å². The van der Waals surface area contributed by atoms with Crippen LogP contribution in [-0.2, 0) is 23.5 Å². The number of hydrogen-bond donors (Lipinski definition) is 1. The van der Waals surface area contributed by atoms with Crippen LogP contribution in [0.5, 0.6) is 5.75 Å². The van der Waals surface area contributed by atoms with Gasteiger partial charge < -0.3 is 4.74 Å². The number of aromatic nitrogens is 2. The van der Waals surface area contributed by atoms with Gasteiger partial charge in [-0.3, -0.25) is 4.68 Å². The topological polar surface area (TPSA) is 73.2 Å². The zero-order chi connectivity index (χ0) is 16.6. The van der Waals surface area contributed by atoms with Gasteiger partial charge in [-0.1, -0.05) is 29.8 Å². The number of benzene rings is 1. The summed E-state index contributed by atoms with van der Waals surface area (Å²) in [5.74, 6) is 0.952. The average molecular weight is 356 g/mol. The highest BCUT2D eigenvalue weighted by atomic mass is 35.5. The molecule has 6 nitrogen and oxygen atoms in total. The van der Waals surface area contributed by atoms with Gasteiger partial charge in [0.25, 0.3) is 0 Å². The minimum atomic E-state index is -3.70. The number of sulfonamides is 1. The Bertz CT molecular complexity index is 832. The van der Waals surface area contributed by atoms with Crippen molar-refractivity contribution in [3.8, 4) is 5.75 Å². The van der Waals surface area contributed by atoms with Crippen LogP contribution in [0.25, 0.3) is 0 Å². The Morgan fingerprint density at radius 3 is 2.87 bits per heavy atom. The van der Waals surface area contributed by atoms with E-state index < -0.39 is 10.0 Å². The van der Waals surface area contributed by atoms with Crippen molar-refractivity contribution in [2.75, 3.05) is 13.2 Å². The van der Waals surface area contributed by atoms with Crippen molar-refractivity contribution >= 4 is 21.6 Å². The molecule has 2 heterocycles. The van der Waals surface area contributed by atoms with Gasteiger partial charge in [0.05, 0.1) is 12.3 Å². The van der Waals surface area contributed by atoms with Crippen LogP contribution in [0.3, 0.4) is 0 Å². The second-order valence-electron chi connectivity index (χ2n) is 5.67. The van der Waals surface area contributed by atoms with E-state index >= 15 is 0 Å². The third-order valence-electron chi connectivity index (χ3n) is 3.89. The summed E-state index contributed by atoms with van der Waals surface area (Å²) in [4.78, 5) is 0.0406. The Morgan fingerprint density at radius 1 is 1.43 bits per heavy atom. The van der Waals surface area contributed by atoms with Gasteiger partial charge in [0.1, 0.15) is 15.8 Å². The first kappa shape index (κ1) is 16.3. The molecule has 1 aromatic heterocycles. The van der Waals surface area contributed by atoms with E-state index in [0.29, 0.717) is 18.8 Å². The van der Waals surface area contributed by atoms with Crippen LogP contribution in [0, 0.1) is 12.8 Å². The molecular weight excluding hydrogens is 338 g/mol. The Kier molecular flexibility index (Phi) is 4.35. The van der Waals surface area contributed by atoms with E-state index in [2.05, 4.69) is 9.82 Å². The molecule has 124 valence electrons. The lowest BCUT2D eigenvalue weighted by Gasteiger charge is -2.25. The highest BCUT2D eigenvalue weighted by Gasteiger charge is 2.27. The lowest BCUT2D eigenvalue weighted by atomic mass is 9.97. The first-order valence-corrected chi connectivity index (χ1v) is 9.14. The van der Waals surface area contributed by atoms with Crippen LogP contribution in [0.2, 0.25) is 5.15 Å². The molecule has 2 aromatic rings. The van der Waals surface area contributed by atoms with E-state index in [0.717, 1.165) is 17.7 Å². The van der Waals surface area contributed by atoms with Crippen LogP contribution in [0.15, 0.2) is 29.2 Å². The number of nitrogens with one attached hydrogen (secondary N) is 1. The molecule has 1 aliphatic rings. The van der Waals surface area contributed by atoms with Gasteiger partial charge in [-0.05, 0) is 25.0 Å². The summed E-state index contributed by atoms with van der Waals surface area (Å²) in [6.07, 6.45) is 0.776. The lowest BCUT2D eigenvalue weighted by molar-refractivity contribution is 0.223. The van der Waals surface area contributed by atoms with Gasteiger partial charge in [0, 0.05) is 19.5 Å². The Balaban J connectivity index is 1.71. The number of fused-ring (bicyclic) bond motifs is 1. The van der Waals surface area contributed by atoms with Gasteiger partial charge in [-0.15, -0.1) is 0 Å². The second-order valence-corrected chi connectivity index (χ2v) is 7.73. The van der Waals surface area contributed by atoms with E-state index in [1.165, 1.54) is 4.68 Å². The highest BCUT2D eigenvalue weighted by Crippen LogP contribution is 2.27. The second kappa shape index (κ2) is 6.14. The van der Waals surface area contributed by atoms with E-state index in [1.807, 2.05) is 24.3 Å². The summed E-state index contributed by atoms with van der Waals surface area (Å²) in [6, 6.07) is 7.80. The highest BCUT2D eigenvalue weighted by molar-refractivity contribution is 7.89. The van der Waals surface area contributed by atoms with Gasteiger partial charge in [-0.25, -0.2) is 13.1 Å². The molecule has 0 aliphatic carbocycles. The molecule has 8 heteroatoms. The average Bonchev–Trinajstić information content (AvgIpc) is 2.78. The largest absolute Gasteiger partial charge is 0.493 e. The molecule has 0 radical (unpaired) electrons. The normalized spacial score (nSPS) is 17.6. The van der Waals surface area contributed by atoms with Gasteiger partial charge in [0.15, 0.2) is 0 Å².